The fourth-order valence-corrected chi connectivity index (χ4v) is 3.67. The van der Waals surface area contributed by atoms with Crippen molar-refractivity contribution in [3.8, 4) is 0 Å². The van der Waals surface area contributed by atoms with Gasteiger partial charge in [-0.1, -0.05) is 12.1 Å². The number of hydrogen-bond acceptors (Lipinski definition) is 5. The summed E-state index contributed by atoms with van der Waals surface area (Å²) in [4.78, 5) is 27.7. The molecule has 164 valence electrons. The topological polar surface area (TPSA) is 91.3 Å². The lowest BCUT2D eigenvalue weighted by atomic mass is 9.99. The van der Waals surface area contributed by atoms with Gasteiger partial charge in [0.1, 0.15) is 5.01 Å². The van der Waals surface area contributed by atoms with Crippen LogP contribution in [0.3, 0.4) is 0 Å². The molecule has 0 aliphatic rings. The highest BCUT2D eigenvalue weighted by Gasteiger charge is 2.58. The number of carbonyl (C=O) groups is 2. The minimum absolute atomic E-state index is 0.112. The summed E-state index contributed by atoms with van der Waals surface area (Å²) in [6.45, 7) is -0.758. The number of amides is 2. The maximum absolute atomic E-state index is 13.6. The van der Waals surface area contributed by atoms with E-state index in [0.29, 0.717) is 22.1 Å². The van der Waals surface area contributed by atoms with Crippen LogP contribution in [0.4, 0.5) is 27.6 Å². The molecule has 3 rings (SSSR count). The van der Waals surface area contributed by atoms with Gasteiger partial charge in [-0.25, -0.2) is 13.8 Å². The van der Waals surface area contributed by atoms with Gasteiger partial charge >= 0.3 is 6.18 Å². The van der Waals surface area contributed by atoms with Gasteiger partial charge in [0.05, 0.1) is 23.2 Å². The first-order valence-electron chi connectivity index (χ1n) is 8.66. The molecule has 6 nitrogen and oxygen atoms in total. The maximum Gasteiger partial charge on any atom is 0.424 e. The first kappa shape index (κ1) is 22.6. The minimum Gasteiger partial charge on any atom is -0.374 e. The SMILES string of the molecule is O=C(C[C@](O)(c1nc2ccccc2s1)C(F)(F)F)NCC(=O)Nc1ccc(F)c(F)c1. The molecule has 3 N–H and O–H groups in total. The predicted molar refractivity (Wildman–Crippen MR) is 102 cm³/mol. The Morgan fingerprint density at radius 1 is 1.03 bits per heavy atom. The van der Waals surface area contributed by atoms with E-state index in [9.17, 15) is 36.6 Å². The van der Waals surface area contributed by atoms with E-state index < -0.39 is 53.2 Å². The number of fused-ring (bicyclic) bond motifs is 1. The molecule has 0 bridgehead atoms. The highest BCUT2D eigenvalue weighted by Crippen LogP contribution is 2.44. The van der Waals surface area contributed by atoms with Crippen molar-refractivity contribution in [2.45, 2.75) is 18.2 Å². The number of aliphatic hydroxyl groups is 1. The molecule has 0 fully saturated rings. The van der Waals surface area contributed by atoms with Gasteiger partial charge < -0.3 is 15.7 Å². The van der Waals surface area contributed by atoms with Crippen LogP contribution in [0.25, 0.3) is 10.2 Å². The summed E-state index contributed by atoms with van der Waals surface area (Å²) in [5.74, 6) is -4.50. The lowest BCUT2D eigenvalue weighted by molar-refractivity contribution is -0.267. The number of halogens is 5. The van der Waals surface area contributed by atoms with Crippen LogP contribution in [0.5, 0.6) is 0 Å². The van der Waals surface area contributed by atoms with Crippen LogP contribution in [-0.2, 0) is 15.2 Å². The first-order valence-corrected chi connectivity index (χ1v) is 9.48. The molecule has 0 saturated carbocycles. The third kappa shape index (κ3) is 4.97. The minimum atomic E-state index is -5.22. The summed E-state index contributed by atoms with van der Waals surface area (Å²) >= 11 is 0.595. The fourth-order valence-electron chi connectivity index (χ4n) is 2.60. The molecular weight excluding hydrogens is 445 g/mol. The molecule has 0 aliphatic heterocycles. The number of aromatic nitrogens is 1. The molecule has 1 aromatic heterocycles. The molecular formula is C19H14F5N3O3S. The summed E-state index contributed by atoms with van der Waals surface area (Å²) in [6.07, 6.45) is -6.64. The van der Waals surface area contributed by atoms with Crippen LogP contribution in [0.2, 0.25) is 0 Å². The molecule has 0 radical (unpaired) electrons. The van der Waals surface area contributed by atoms with Crippen molar-refractivity contribution in [1.29, 1.82) is 0 Å². The number of anilines is 1. The number of hydrogen-bond donors (Lipinski definition) is 3. The third-order valence-electron chi connectivity index (χ3n) is 4.18. The zero-order chi connectivity index (χ0) is 22.8. The number of alkyl halides is 3. The predicted octanol–water partition coefficient (Wildman–Crippen LogP) is 3.47. The monoisotopic (exact) mass is 459 g/mol. The molecule has 0 saturated heterocycles. The smallest absolute Gasteiger partial charge is 0.374 e. The molecule has 0 unspecified atom stereocenters. The van der Waals surface area contributed by atoms with Gasteiger partial charge in [0.15, 0.2) is 11.6 Å². The Hall–Kier alpha value is -3.12. The number of benzene rings is 2. The van der Waals surface area contributed by atoms with E-state index in [2.05, 4.69) is 10.3 Å². The number of nitrogens with zero attached hydrogens (tertiary/aromatic N) is 1. The molecule has 12 heteroatoms. The van der Waals surface area contributed by atoms with E-state index in [1.54, 1.807) is 12.1 Å². The number of thiazole rings is 1. The molecule has 3 aromatic rings. The van der Waals surface area contributed by atoms with Gasteiger partial charge in [-0.3, -0.25) is 9.59 Å². The average molecular weight is 459 g/mol. The molecule has 0 spiro atoms. The maximum atomic E-state index is 13.6. The number of rotatable bonds is 6. The Balaban J connectivity index is 1.68. The van der Waals surface area contributed by atoms with Crippen molar-refractivity contribution in [2.75, 3.05) is 11.9 Å². The van der Waals surface area contributed by atoms with Gasteiger partial charge in [-0.2, -0.15) is 13.2 Å². The van der Waals surface area contributed by atoms with E-state index in [1.807, 2.05) is 5.32 Å². The van der Waals surface area contributed by atoms with Gasteiger partial charge in [-0.15, -0.1) is 11.3 Å². The molecule has 1 heterocycles. The number of nitrogens with one attached hydrogen (secondary N) is 2. The summed E-state index contributed by atoms with van der Waals surface area (Å²) < 4.78 is 67.3. The zero-order valence-electron chi connectivity index (χ0n) is 15.5. The largest absolute Gasteiger partial charge is 0.424 e. The van der Waals surface area contributed by atoms with Crippen LogP contribution in [0.1, 0.15) is 11.4 Å². The summed E-state index contributed by atoms with van der Waals surface area (Å²) in [5, 5.41) is 13.7. The normalized spacial score (nSPS) is 13.6. The van der Waals surface area contributed by atoms with E-state index in [1.165, 1.54) is 12.1 Å². The van der Waals surface area contributed by atoms with Crippen LogP contribution in [0.15, 0.2) is 42.5 Å². The van der Waals surface area contributed by atoms with Gasteiger partial charge in [0.25, 0.3) is 0 Å². The molecule has 2 amide bonds. The molecule has 1 atom stereocenters. The highest BCUT2D eigenvalue weighted by atomic mass is 32.1. The highest BCUT2D eigenvalue weighted by molar-refractivity contribution is 7.18. The van der Waals surface area contributed by atoms with Gasteiger partial charge in [-0.05, 0) is 24.3 Å². The molecule has 31 heavy (non-hydrogen) atoms. The summed E-state index contributed by atoms with van der Waals surface area (Å²) in [6, 6.07) is 8.68. The van der Waals surface area contributed by atoms with Crippen LogP contribution < -0.4 is 10.6 Å². The molecule has 2 aromatic carbocycles. The van der Waals surface area contributed by atoms with E-state index in [-0.39, 0.29) is 11.2 Å². The number of para-hydroxylation sites is 1. The van der Waals surface area contributed by atoms with Crippen molar-refractivity contribution in [3.63, 3.8) is 0 Å². The van der Waals surface area contributed by atoms with Crippen molar-refractivity contribution in [1.82, 2.24) is 10.3 Å². The Labute approximate surface area is 175 Å². The van der Waals surface area contributed by atoms with Crippen LogP contribution in [0, 0.1) is 11.6 Å². The standard InChI is InChI=1S/C19H14F5N3O3S/c20-11-6-5-10(7-12(11)21)26-16(29)9-25-15(28)8-18(30,19(22,23)24)17-27-13-3-1-2-4-14(13)31-17/h1-7,30H,8-9H2,(H,25,28)(H,26,29)/t18-/m0/s1. The Bertz CT molecular complexity index is 1100. The van der Waals surface area contributed by atoms with Crippen molar-refractivity contribution in [3.05, 3.63) is 59.1 Å². The van der Waals surface area contributed by atoms with E-state index in [4.69, 9.17) is 0 Å². The lowest BCUT2D eigenvalue weighted by Crippen LogP contribution is -2.47. The Kier molecular flexibility index (Phi) is 6.23. The van der Waals surface area contributed by atoms with Crippen LogP contribution in [-0.4, -0.2) is 34.6 Å². The summed E-state index contributed by atoms with van der Waals surface area (Å²) in [5.41, 5.74) is -3.44. The Morgan fingerprint density at radius 3 is 2.39 bits per heavy atom. The molecule has 0 aliphatic carbocycles. The van der Waals surface area contributed by atoms with Crippen molar-refractivity contribution < 1.29 is 36.6 Å². The fraction of sp³-hybridized carbons (Fsp3) is 0.211. The van der Waals surface area contributed by atoms with Crippen molar-refractivity contribution >= 4 is 39.1 Å². The second-order valence-corrected chi connectivity index (χ2v) is 7.51. The van der Waals surface area contributed by atoms with Crippen LogP contribution >= 0.6 is 11.3 Å². The first-order chi connectivity index (χ1) is 14.5. The van der Waals surface area contributed by atoms with Crippen molar-refractivity contribution in [2.24, 2.45) is 0 Å². The van der Waals surface area contributed by atoms with E-state index in [0.717, 1.165) is 12.1 Å². The van der Waals surface area contributed by atoms with Gasteiger partial charge in [0.2, 0.25) is 17.4 Å². The quantitative estimate of drug-likeness (QED) is 0.493. The summed E-state index contributed by atoms with van der Waals surface area (Å²) in [7, 11) is 0. The second kappa shape index (κ2) is 8.55. The van der Waals surface area contributed by atoms with E-state index >= 15 is 0 Å². The lowest BCUT2D eigenvalue weighted by Gasteiger charge is -2.27. The average Bonchev–Trinajstić information content (AvgIpc) is 3.13. The van der Waals surface area contributed by atoms with Gasteiger partial charge in [0, 0.05) is 11.8 Å². The zero-order valence-corrected chi connectivity index (χ0v) is 16.3. The number of carbonyl (C=O) groups excluding carboxylic acids is 2. The third-order valence-corrected chi connectivity index (χ3v) is 5.37. The second-order valence-electron chi connectivity index (χ2n) is 6.48. The Morgan fingerprint density at radius 2 is 1.74 bits per heavy atom.